The zero-order valence-corrected chi connectivity index (χ0v) is 8.60. The van der Waals surface area contributed by atoms with Gasteiger partial charge >= 0.3 is 0 Å². The van der Waals surface area contributed by atoms with Gasteiger partial charge in [0, 0.05) is 6.61 Å². The minimum atomic E-state index is 0.725. The summed E-state index contributed by atoms with van der Waals surface area (Å²) < 4.78 is 5.42. The van der Waals surface area contributed by atoms with Gasteiger partial charge in [-0.25, -0.2) is 0 Å². The highest BCUT2D eigenvalue weighted by Crippen LogP contribution is 2.25. The van der Waals surface area contributed by atoms with Crippen LogP contribution in [0.1, 0.15) is 26.7 Å². The molecule has 0 aromatic rings. The van der Waals surface area contributed by atoms with Crippen molar-refractivity contribution in [2.45, 2.75) is 26.7 Å². The van der Waals surface area contributed by atoms with Crippen molar-refractivity contribution in [2.75, 3.05) is 13.2 Å². The molecule has 1 nitrogen and oxygen atoms in total. The van der Waals surface area contributed by atoms with E-state index in [1.54, 1.807) is 0 Å². The average molecular weight is 178 g/mol. The zero-order chi connectivity index (χ0) is 9.68. The van der Waals surface area contributed by atoms with Gasteiger partial charge in [0.2, 0.25) is 0 Å². The Morgan fingerprint density at radius 2 is 2.23 bits per heavy atom. The van der Waals surface area contributed by atoms with Crippen LogP contribution in [0, 0.1) is 0 Å². The first-order chi connectivity index (χ1) is 6.29. The molecule has 0 aromatic carbocycles. The molecule has 0 amide bonds. The molecule has 1 rings (SSSR count). The maximum atomic E-state index is 5.42. The third-order valence-corrected chi connectivity index (χ3v) is 2.37. The Hall–Kier alpha value is -0.820. The number of rotatable bonds is 4. The van der Waals surface area contributed by atoms with Crippen molar-refractivity contribution in [1.29, 1.82) is 0 Å². The van der Waals surface area contributed by atoms with Gasteiger partial charge in [-0.3, -0.25) is 0 Å². The molecule has 0 aliphatic heterocycles. The Morgan fingerprint density at radius 3 is 2.85 bits per heavy atom. The fraction of sp³-hybridized carbons (Fsp3) is 0.500. The second kappa shape index (κ2) is 5.03. The number of ether oxygens (including phenoxy) is 1. The van der Waals surface area contributed by atoms with E-state index in [2.05, 4.69) is 25.7 Å². The van der Waals surface area contributed by atoms with Crippen LogP contribution in [-0.4, -0.2) is 13.2 Å². The minimum absolute atomic E-state index is 0.725. The predicted octanol–water partition coefficient (Wildman–Crippen LogP) is 3.25. The van der Waals surface area contributed by atoms with Gasteiger partial charge in [0.15, 0.2) is 0 Å². The summed E-state index contributed by atoms with van der Waals surface area (Å²) in [6, 6.07) is 0. The molecule has 0 N–H and O–H groups in total. The van der Waals surface area contributed by atoms with Crippen LogP contribution in [0.2, 0.25) is 0 Å². The quantitative estimate of drug-likeness (QED) is 0.642. The smallest absolute Gasteiger partial charge is 0.0721 e. The van der Waals surface area contributed by atoms with Gasteiger partial charge in [-0.15, -0.1) is 0 Å². The average Bonchev–Trinajstić information content (AvgIpc) is 2.15. The van der Waals surface area contributed by atoms with Gasteiger partial charge in [0.1, 0.15) is 0 Å². The molecule has 1 heteroatoms. The third-order valence-electron chi connectivity index (χ3n) is 2.37. The molecule has 0 bridgehead atoms. The van der Waals surface area contributed by atoms with Gasteiger partial charge in [0.05, 0.1) is 6.61 Å². The fourth-order valence-corrected chi connectivity index (χ4v) is 1.55. The summed E-state index contributed by atoms with van der Waals surface area (Å²) in [4.78, 5) is 0. The maximum Gasteiger partial charge on any atom is 0.0721 e. The lowest BCUT2D eigenvalue weighted by Crippen LogP contribution is -2.05. The van der Waals surface area contributed by atoms with Crippen molar-refractivity contribution in [3.8, 4) is 0 Å². The Balaban J connectivity index is 2.71. The van der Waals surface area contributed by atoms with E-state index in [0.29, 0.717) is 0 Å². The van der Waals surface area contributed by atoms with Crippen molar-refractivity contribution in [2.24, 2.45) is 0 Å². The van der Waals surface area contributed by atoms with Crippen LogP contribution in [0.15, 0.2) is 35.5 Å². The van der Waals surface area contributed by atoms with E-state index in [1.807, 2.05) is 6.92 Å². The Labute approximate surface area is 80.8 Å². The number of hydrogen-bond donors (Lipinski definition) is 0. The first kappa shape index (κ1) is 10.3. The van der Waals surface area contributed by atoms with E-state index in [-0.39, 0.29) is 0 Å². The van der Waals surface area contributed by atoms with Crippen LogP contribution in [-0.2, 0) is 4.74 Å². The van der Waals surface area contributed by atoms with E-state index >= 15 is 0 Å². The molecular formula is C12H18O. The van der Waals surface area contributed by atoms with Gasteiger partial charge in [-0.1, -0.05) is 31.2 Å². The van der Waals surface area contributed by atoms with Crippen molar-refractivity contribution in [3.63, 3.8) is 0 Å². The summed E-state index contributed by atoms with van der Waals surface area (Å²) in [6.07, 6.45) is 6.44. The second-order valence-electron chi connectivity index (χ2n) is 3.20. The molecule has 0 atom stereocenters. The summed E-state index contributed by atoms with van der Waals surface area (Å²) in [5.41, 5.74) is 3.91. The van der Waals surface area contributed by atoms with Crippen LogP contribution in [0.4, 0.5) is 0 Å². The van der Waals surface area contributed by atoms with Crippen LogP contribution in [0.3, 0.4) is 0 Å². The minimum Gasteiger partial charge on any atom is -0.377 e. The number of allylic oxidation sites excluding steroid dienone is 3. The first-order valence-electron chi connectivity index (χ1n) is 4.94. The van der Waals surface area contributed by atoms with Crippen molar-refractivity contribution in [1.82, 2.24) is 0 Å². The molecule has 0 unspecified atom stereocenters. The lowest BCUT2D eigenvalue weighted by Gasteiger charge is -2.17. The van der Waals surface area contributed by atoms with Crippen LogP contribution in [0.5, 0.6) is 0 Å². The maximum absolute atomic E-state index is 5.42. The first-order valence-corrected chi connectivity index (χ1v) is 4.94. The molecule has 13 heavy (non-hydrogen) atoms. The normalized spacial score (nSPS) is 16.9. The summed E-state index contributed by atoms with van der Waals surface area (Å²) >= 11 is 0. The monoisotopic (exact) mass is 178 g/mol. The van der Waals surface area contributed by atoms with E-state index < -0.39 is 0 Å². The standard InChI is InChI=1S/C12H18O/c1-4-11-8-6-7-10(3)12(11)9-13-5-2/h6-7H,3-5,8-9H2,1-2H3. The van der Waals surface area contributed by atoms with Crippen molar-refractivity contribution < 1.29 is 4.74 Å². The zero-order valence-electron chi connectivity index (χ0n) is 8.60. The van der Waals surface area contributed by atoms with E-state index in [0.717, 1.165) is 31.6 Å². The molecule has 0 fully saturated rings. The molecule has 0 heterocycles. The lowest BCUT2D eigenvalue weighted by atomic mass is 9.92. The number of hydrogen-bond acceptors (Lipinski definition) is 1. The summed E-state index contributed by atoms with van der Waals surface area (Å²) in [5, 5.41) is 0. The molecule has 0 saturated carbocycles. The summed E-state index contributed by atoms with van der Waals surface area (Å²) in [5.74, 6) is 0. The lowest BCUT2D eigenvalue weighted by molar-refractivity contribution is 0.171. The van der Waals surface area contributed by atoms with Crippen molar-refractivity contribution in [3.05, 3.63) is 35.5 Å². The SMILES string of the molecule is C=C1C=CCC(CC)=C1COCC. The molecule has 0 aromatic heterocycles. The highest BCUT2D eigenvalue weighted by atomic mass is 16.5. The molecule has 1 aliphatic rings. The van der Waals surface area contributed by atoms with Crippen LogP contribution < -0.4 is 0 Å². The molecule has 0 radical (unpaired) electrons. The molecule has 1 aliphatic carbocycles. The van der Waals surface area contributed by atoms with E-state index in [1.165, 1.54) is 11.1 Å². The molecule has 0 saturated heterocycles. The van der Waals surface area contributed by atoms with E-state index in [9.17, 15) is 0 Å². The topological polar surface area (TPSA) is 9.23 Å². The van der Waals surface area contributed by atoms with Gasteiger partial charge in [-0.2, -0.15) is 0 Å². The Bertz CT molecular complexity index is 246. The largest absolute Gasteiger partial charge is 0.377 e. The molecule has 0 spiro atoms. The Morgan fingerprint density at radius 1 is 1.46 bits per heavy atom. The van der Waals surface area contributed by atoms with Crippen LogP contribution >= 0.6 is 0 Å². The third kappa shape index (κ3) is 2.56. The Kier molecular flexibility index (Phi) is 3.97. The van der Waals surface area contributed by atoms with Crippen molar-refractivity contribution >= 4 is 0 Å². The highest BCUT2D eigenvalue weighted by molar-refractivity contribution is 5.45. The summed E-state index contributed by atoms with van der Waals surface area (Å²) in [6.45, 7) is 9.73. The van der Waals surface area contributed by atoms with Gasteiger partial charge in [0.25, 0.3) is 0 Å². The second-order valence-corrected chi connectivity index (χ2v) is 3.20. The fourth-order valence-electron chi connectivity index (χ4n) is 1.55. The molecular weight excluding hydrogens is 160 g/mol. The summed E-state index contributed by atoms with van der Waals surface area (Å²) in [7, 11) is 0. The van der Waals surface area contributed by atoms with Gasteiger partial charge < -0.3 is 4.74 Å². The van der Waals surface area contributed by atoms with Gasteiger partial charge in [-0.05, 0) is 30.9 Å². The highest BCUT2D eigenvalue weighted by Gasteiger charge is 2.10. The van der Waals surface area contributed by atoms with Crippen LogP contribution in [0.25, 0.3) is 0 Å². The molecule has 72 valence electrons. The predicted molar refractivity (Wildman–Crippen MR) is 56.7 cm³/mol. The van der Waals surface area contributed by atoms with E-state index in [4.69, 9.17) is 4.74 Å².